The van der Waals surface area contributed by atoms with Crippen molar-refractivity contribution in [1.29, 1.82) is 0 Å². The van der Waals surface area contributed by atoms with E-state index in [-0.39, 0.29) is 0 Å². The SMILES string of the molecule is C[Si](C)(C)P(PP([Si](C)(C)C)[Si](C)(C)C)[Si](C)(C)C. The summed E-state index contributed by atoms with van der Waals surface area (Å²) in [5, 5.41) is 0. The van der Waals surface area contributed by atoms with Gasteiger partial charge in [-0.3, -0.25) is 0 Å². The van der Waals surface area contributed by atoms with E-state index in [2.05, 4.69) is 78.6 Å². The summed E-state index contributed by atoms with van der Waals surface area (Å²) in [6.45, 7) is 32.7. The molecule has 0 amide bonds. The van der Waals surface area contributed by atoms with E-state index in [9.17, 15) is 0 Å². The summed E-state index contributed by atoms with van der Waals surface area (Å²) in [6.07, 6.45) is 0. The van der Waals surface area contributed by atoms with Gasteiger partial charge in [0.25, 0.3) is 0 Å². The van der Waals surface area contributed by atoms with E-state index in [1.165, 1.54) is 7.96 Å². The predicted octanol–water partition coefficient (Wildman–Crippen LogP) is 7.80. The van der Waals surface area contributed by atoms with Crippen LogP contribution >= 0.6 is 21.4 Å². The topological polar surface area (TPSA) is 0 Å². The Hall–Kier alpha value is 2.16. The molecule has 0 radical (unpaired) electrons. The molecule has 7 heteroatoms. The van der Waals surface area contributed by atoms with Crippen LogP contribution in [0.1, 0.15) is 0 Å². The van der Waals surface area contributed by atoms with Gasteiger partial charge in [-0.05, 0) is 0 Å². The molecule has 0 saturated carbocycles. The molecule has 0 aromatic rings. The second-order valence-electron chi connectivity index (χ2n) is 9.45. The molecular weight excluding hydrogens is 349 g/mol. The van der Waals surface area contributed by atoms with Crippen molar-refractivity contribution in [3.05, 3.63) is 0 Å². The quantitative estimate of drug-likeness (QED) is 0.323. The second-order valence-corrected chi connectivity index (χ2v) is 63.0. The summed E-state index contributed by atoms with van der Waals surface area (Å²) < 4.78 is 0. The van der Waals surface area contributed by atoms with Gasteiger partial charge in [-0.15, -0.1) is 13.4 Å². The zero-order chi connectivity index (χ0) is 15.9. The van der Waals surface area contributed by atoms with Gasteiger partial charge in [0, 0.05) is 0 Å². The highest BCUT2D eigenvalue weighted by atomic mass is 32.6. The van der Waals surface area contributed by atoms with Crippen LogP contribution in [0.15, 0.2) is 0 Å². The molecule has 0 heterocycles. The molecule has 116 valence electrons. The molecule has 0 aliphatic rings. The smallest absolute Gasteiger partial charge is 0.0728 e. The molecule has 0 aliphatic carbocycles. The molecule has 0 aromatic heterocycles. The fraction of sp³-hybridized carbons (Fsp3) is 1.00. The monoisotopic (exact) mass is 386 g/mol. The van der Waals surface area contributed by atoms with E-state index in [1.807, 2.05) is 0 Å². The lowest BCUT2D eigenvalue weighted by atomic mass is 11.8. The lowest BCUT2D eigenvalue weighted by Crippen LogP contribution is -2.33. The van der Waals surface area contributed by atoms with Gasteiger partial charge in [0.05, 0.1) is 31.0 Å². The fourth-order valence-electron chi connectivity index (χ4n) is 2.71. The molecule has 0 unspecified atom stereocenters. The van der Waals surface area contributed by atoms with Crippen LogP contribution in [0.25, 0.3) is 0 Å². The van der Waals surface area contributed by atoms with E-state index in [1.54, 1.807) is 0 Å². The van der Waals surface area contributed by atoms with Crippen molar-refractivity contribution in [3.63, 3.8) is 0 Å². The number of hydrogen-bond donors (Lipinski definition) is 0. The van der Waals surface area contributed by atoms with Crippen LogP contribution in [0.4, 0.5) is 0 Å². The van der Waals surface area contributed by atoms with Crippen molar-refractivity contribution in [2.45, 2.75) is 78.6 Å². The third-order valence-electron chi connectivity index (χ3n) is 2.88. The Morgan fingerprint density at radius 1 is 0.421 bits per heavy atom. The first-order chi connectivity index (χ1) is 7.97. The summed E-state index contributed by atoms with van der Waals surface area (Å²) in [4.78, 5) is 0. The highest BCUT2D eigenvalue weighted by molar-refractivity contribution is 8.79. The van der Waals surface area contributed by atoms with E-state index in [0.717, 1.165) is 0 Å². The van der Waals surface area contributed by atoms with Crippen LogP contribution in [0, 0.1) is 0 Å². The molecule has 0 spiro atoms. The molecule has 0 bridgehead atoms. The zero-order valence-corrected chi connectivity index (χ0v) is 22.2. The maximum atomic E-state index is 2.66. The zero-order valence-electron chi connectivity index (χ0n) is 15.4. The average Bonchev–Trinajstić information content (AvgIpc) is 1.91. The third kappa shape index (κ3) is 7.31. The first kappa shape index (κ1) is 21.2. The molecule has 0 nitrogen and oxygen atoms in total. The molecule has 0 atom stereocenters. The fourth-order valence-corrected chi connectivity index (χ4v) is 127. The Labute approximate surface area is 130 Å². The first-order valence-corrected chi connectivity index (χ1v) is 30.1. The summed E-state index contributed by atoms with van der Waals surface area (Å²) in [7, 11) is -2.38. The van der Waals surface area contributed by atoms with Gasteiger partial charge in [-0.2, -0.15) is 0 Å². The van der Waals surface area contributed by atoms with Crippen molar-refractivity contribution >= 4 is 52.3 Å². The molecule has 0 saturated heterocycles. The van der Waals surface area contributed by atoms with E-state index < -0.39 is 31.0 Å². The van der Waals surface area contributed by atoms with Gasteiger partial charge in [0.1, 0.15) is 0 Å². The van der Waals surface area contributed by atoms with Crippen molar-refractivity contribution in [3.8, 4) is 0 Å². The van der Waals surface area contributed by atoms with Crippen LogP contribution in [0.3, 0.4) is 0 Å². The normalized spacial score (nSPS) is 15.5. The van der Waals surface area contributed by atoms with Gasteiger partial charge >= 0.3 is 0 Å². The molecule has 0 rings (SSSR count). The minimum Gasteiger partial charge on any atom is -0.105 e. The minimum absolute atomic E-state index is 0.393. The van der Waals surface area contributed by atoms with E-state index in [0.29, 0.717) is 13.4 Å². The molecule has 0 aromatic carbocycles. The second kappa shape index (κ2) is 6.73. The Morgan fingerprint density at radius 3 is 0.684 bits per heavy atom. The standard InChI is InChI=1S/C12H37P3Si4/c1-16(2,3)14(17(4,5)6)13-15(18(7,8)9)19(10,11)12/h13H,1-12H3. The highest BCUT2D eigenvalue weighted by Crippen LogP contribution is 2.85. The van der Waals surface area contributed by atoms with Crippen LogP contribution < -0.4 is 0 Å². The van der Waals surface area contributed by atoms with E-state index in [4.69, 9.17) is 0 Å². The van der Waals surface area contributed by atoms with Gasteiger partial charge in [-0.25, -0.2) is 0 Å². The molecule has 0 N–H and O–H groups in total. The Bertz CT molecular complexity index is 236. The Kier molecular flexibility index (Phi) is 7.49. The third-order valence-corrected chi connectivity index (χ3v) is 88.6. The number of hydrogen-bond acceptors (Lipinski definition) is 0. The lowest BCUT2D eigenvalue weighted by Gasteiger charge is -2.47. The average molecular weight is 387 g/mol. The van der Waals surface area contributed by atoms with Gasteiger partial charge in [0.15, 0.2) is 0 Å². The molecule has 0 aliphatic heterocycles. The van der Waals surface area contributed by atoms with Crippen molar-refractivity contribution in [2.24, 2.45) is 0 Å². The molecule has 0 fully saturated rings. The summed E-state index contributed by atoms with van der Waals surface area (Å²) in [6, 6.07) is 0. The number of rotatable bonds is 6. The molecule has 19 heavy (non-hydrogen) atoms. The van der Waals surface area contributed by atoms with Crippen LogP contribution in [-0.2, 0) is 0 Å². The van der Waals surface area contributed by atoms with Crippen molar-refractivity contribution in [2.75, 3.05) is 0 Å². The van der Waals surface area contributed by atoms with Gasteiger partial charge < -0.3 is 0 Å². The minimum atomic E-state index is -0.943. The van der Waals surface area contributed by atoms with Gasteiger partial charge in [-0.1, -0.05) is 86.5 Å². The summed E-state index contributed by atoms with van der Waals surface area (Å²) in [5.41, 5.74) is 0. The summed E-state index contributed by atoms with van der Waals surface area (Å²) in [5.74, 6) is 0. The Morgan fingerprint density at radius 2 is 0.579 bits per heavy atom. The summed E-state index contributed by atoms with van der Waals surface area (Å²) >= 11 is 0. The highest BCUT2D eigenvalue weighted by Gasteiger charge is 2.44. The lowest BCUT2D eigenvalue weighted by molar-refractivity contribution is 1.84. The van der Waals surface area contributed by atoms with Gasteiger partial charge in [0.2, 0.25) is 0 Å². The van der Waals surface area contributed by atoms with Crippen LogP contribution in [0.2, 0.25) is 78.6 Å². The largest absolute Gasteiger partial charge is 0.105 e. The van der Waals surface area contributed by atoms with E-state index >= 15 is 0 Å². The maximum Gasteiger partial charge on any atom is 0.0728 e. The Balaban J connectivity index is 5.43. The maximum absolute atomic E-state index is 2.66. The predicted molar refractivity (Wildman–Crippen MR) is 116 cm³/mol. The van der Waals surface area contributed by atoms with Crippen molar-refractivity contribution in [1.82, 2.24) is 0 Å². The first-order valence-electron chi connectivity index (χ1n) is 7.34. The molecular formula is C12H37P3Si4. The van der Waals surface area contributed by atoms with Crippen LogP contribution in [-0.4, -0.2) is 31.0 Å². The van der Waals surface area contributed by atoms with Crippen LogP contribution in [0.5, 0.6) is 0 Å². The van der Waals surface area contributed by atoms with Crippen molar-refractivity contribution < 1.29 is 0 Å².